The molecule has 0 radical (unpaired) electrons. The Kier molecular flexibility index (Phi) is 7.74. The fraction of sp³-hybridized carbons (Fsp3) is 0.161. The van der Waals surface area contributed by atoms with E-state index in [1.54, 1.807) is 38.5 Å². The van der Waals surface area contributed by atoms with Gasteiger partial charge < -0.3 is 9.47 Å². The largest absolute Gasteiger partial charge is 0.496 e. The highest BCUT2D eigenvalue weighted by atomic mass is 16.5. The SMILES string of the molecule is COc1ccccc1C(=O)Cc1ccc(Cc2ccc(CC(=O)c3ccccc3OC)cc2)cc1. The maximum Gasteiger partial charge on any atom is 0.170 e. The Morgan fingerprint density at radius 1 is 0.514 bits per heavy atom. The number of methoxy groups -OCH3 is 2. The Morgan fingerprint density at radius 3 is 1.23 bits per heavy atom. The average Bonchev–Trinajstić information content (AvgIpc) is 2.90. The molecule has 0 aliphatic heterocycles. The Morgan fingerprint density at radius 2 is 0.857 bits per heavy atom. The molecule has 4 aromatic rings. The molecule has 0 saturated carbocycles. The van der Waals surface area contributed by atoms with Gasteiger partial charge >= 0.3 is 0 Å². The number of Topliss-reactive ketones (excluding diaryl/α,β-unsaturated/α-hetero) is 2. The molecule has 35 heavy (non-hydrogen) atoms. The summed E-state index contributed by atoms with van der Waals surface area (Å²) in [5.41, 5.74) is 5.46. The van der Waals surface area contributed by atoms with E-state index in [9.17, 15) is 9.59 Å². The van der Waals surface area contributed by atoms with Gasteiger partial charge in [-0.2, -0.15) is 0 Å². The summed E-state index contributed by atoms with van der Waals surface area (Å²) >= 11 is 0. The molecule has 4 rings (SSSR count). The molecule has 4 aromatic carbocycles. The van der Waals surface area contributed by atoms with Crippen molar-refractivity contribution in [3.63, 3.8) is 0 Å². The maximum atomic E-state index is 12.7. The first-order valence-electron chi connectivity index (χ1n) is 11.6. The van der Waals surface area contributed by atoms with Crippen LogP contribution in [0.3, 0.4) is 0 Å². The van der Waals surface area contributed by atoms with Gasteiger partial charge in [-0.05, 0) is 52.9 Å². The number of ether oxygens (including phenoxy) is 2. The first-order chi connectivity index (χ1) is 17.1. The van der Waals surface area contributed by atoms with E-state index in [0.717, 1.165) is 28.7 Å². The fourth-order valence-electron chi connectivity index (χ4n) is 4.10. The number of ketones is 2. The minimum absolute atomic E-state index is 0.0356. The van der Waals surface area contributed by atoms with Crippen molar-refractivity contribution in [1.82, 2.24) is 0 Å². The summed E-state index contributed by atoms with van der Waals surface area (Å²) < 4.78 is 10.6. The fourth-order valence-corrected chi connectivity index (χ4v) is 4.10. The molecule has 4 heteroatoms. The summed E-state index contributed by atoms with van der Waals surface area (Å²) in [4.78, 5) is 25.4. The highest BCUT2D eigenvalue weighted by Crippen LogP contribution is 2.22. The molecule has 0 saturated heterocycles. The third kappa shape index (κ3) is 6.04. The predicted molar refractivity (Wildman–Crippen MR) is 138 cm³/mol. The van der Waals surface area contributed by atoms with Crippen LogP contribution >= 0.6 is 0 Å². The average molecular weight is 465 g/mol. The van der Waals surface area contributed by atoms with E-state index < -0.39 is 0 Å². The monoisotopic (exact) mass is 464 g/mol. The van der Waals surface area contributed by atoms with Crippen LogP contribution in [0.25, 0.3) is 0 Å². The second-order valence-electron chi connectivity index (χ2n) is 8.41. The van der Waals surface area contributed by atoms with Crippen LogP contribution in [0.4, 0.5) is 0 Å². The van der Waals surface area contributed by atoms with Crippen LogP contribution in [0.5, 0.6) is 11.5 Å². The minimum atomic E-state index is 0.0356. The molecule has 0 aromatic heterocycles. The molecule has 0 aliphatic carbocycles. The Balaban J connectivity index is 1.36. The molecule has 0 spiro atoms. The van der Waals surface area contributed by atoms with Crippen LogP contribution in [0.2, 0.25) is 0 Å². The normalized spacial score (nSPS) is 10.6. The third-order valence-corrected chi connectivity index (χ3v) is 6.00. The van der Waals surface area contributed by atoms with Crippen LogP contribution in [-0.4, -0.2) is 25.8 Å². The smallest absolute Gasteiger partial charge is 0.170 e. The molecule has 0 atom stereocenters. The zero-order valence-electron chi connectivity index (χ0n) is 20.0. The maximum absolute atomic E-state index is 12.7. The van der Waals surface area contributed by atoms with Gasteiger partial charge in [-0.3, -0.25) is 9.59 Å². The van der Waals surface area contributed by atoms with E-state index in [1.165, 1.54) is 0 Å². The summed E-state index contributed by atoms with van der Waals surface area (Å²) in [7, 11) is 3.15. The molecule has 0 fully saturated rings. The number of rotatable bonds is 10. The number of hydrogen-bond acceptors (Lipinski definition) is 4. The molecule has 0 bridgehead atoms. The lowest BCUT2D eigenvalue weighted by atomic mass is 9.97. The number of carbonyl (C=O) groups is 2. The van der Waals surface area contributed by atoms with Gasteiger partial charge in [-0.15, -0.1) is 0 Å². The molecule has 176 valence electrons. The Hall–Kier alpha value is -4.18. The highest BCUT2D eigenvalue weighted by Gasteiger charge is 2.13. The molecule has 0 heterocycles. The van der Waals surface area contributed by atoms with Gasteiger partial charge in [0.25, 0.3) is 0 Å². The highest BCUT2D eigenvalue weighted by molar-refractivity contribution is 6.00. The summed E-state index contributed by atoms with van der Waals surface area (Å²) in [6, 6.07) is 30.8. The van der Waals surface area contributed by atoms with E-state index in [4.69, 9.17) is 9.47 Å². The van der Waals surface area contributed by atoms with Gasteiger partial charge in [0.2, 0.25) is 0 Å². The second kappa shape index (κ2) is 11.3. The van der Waals surface area contributed by atoms with Crippen LogP contribution < -0.4 is 9.47 Å². The summed E-state index contributed by atoms with van der Waals surface area (Å²) in [6.45, 7) is 0. The van der Waals surface area contributed by atoms with Gasteiger partial charge in [0.05, 0.1) is 25.3 Å². The summed E-state index contributed by atoms with van der Waals surface area (Å²) in [5, 5.41) is 0. The van der Waals surface area contributed by atoms with Crippen LogP contribution in [0.1, 0.15) is 43.0 Å². The zero-order chi connectivity index (χ0) is 24.6. The first kappa shape index (κ1) is 24.0. The third-order valence-electron chi connectivity index (χ3n) is 6.00. The molecular formula is C31H28O4. The van der Waals surface area contributed by atoms with Gasteiger partial charge in [-0.1, -0.05) is 72.8 Å². The first-order valence-corrected chi connectivity index (χ1v) is 11.6. The van der Waals surface area contributed by atoms with E-state index in [2.05, 4.69) is 24.3 Å². The zero-order valence-corrected chi connectivity index (χ0v) is 20.0. The van der Waals surface area contributed by atoms with Gasteiger partial charge in [0, 0.05) is 12.8 Å². The molecule has 0 aliphatic rings. The number of para-hydroxylation sites is 2. The molecule has 0 amide bonds. The van der Waals surface area contributed by atoms with Crippen molar-refractivity contribution in [2.45, 2.75) is 19.3 Å². The van der Waals surface area contributed by atoms with Crippen molar-refractivity contribution in [2.75, 3.05) is 14.2 Å². The molecule has 0 N–H and O–H groups in total. The second-order valence-corrected chi connectivity index (χ2v) is 8.41. The van der Waals surface area contributed by atoms with Crippen molar-refractivity contribution in [3.05, 3.63) is 130 Å². The van der Waals surface area contributed by atoms with Gasteiger partial charge in [-0.25, -0.2) is 0 Å². The topological polar surface area (TPSA) is 52.6 Å². The molecule has 0 unspecified atom stereocenters. The lowest BCUT2D eigenvalue weighted by Crippen LogP contribution is -2.06. The number of hydrogen-bond donors (Lipinski definition) is 0. The van der Waals surface area contributed by atoms with E-state index in [1.807, 2.05) is 48.5 Å². The van der Waals surface area contributed by atoms with Crippen molar-refractivity contribution in [3.8, 4) is 11.5 Å². The molecule has 4 nitrogen and oxygen atoms in total. The lowest BCUT2D eigenvalue weighted by molar-refractivity contribution is 0.0981. The van der Waals surface area contributed by atoms with Crippen molar-refractivity contribution < 1.29 is 19.1 Å². The van der Waals surface area contributed by atoms with Crippen LogP contribution in [-0.2, 0) is 19.3 Å². The van der Waals surface area contributed by atoms with Gasteiger partial charge in [0.1, 0.15) is 11.5 Å². The standard InChI is InChI=1S/C31H28O4/c1-34-30-9-5-3-7-26(30)28(32)20-24-15-11-22(12-16-24)19-23-13-17-25(18-14-23)21-29(33)27-8-4-6-10-31(27)35-2/h3-18H,19-21H2,1-2H3. The Bertz CT molecular complexity index is 1200. The van der Waals surface area contributed by atoms with Crippen molar-refractivity contribution in [2.24, 2.45) is 0 Å². The predicted octanol–water partition coefficient (Wildman–Crippen LogP) is 6.15. The minimum Gasteiger partial charge on any atom is -0.496 e. The van der Waals surface area contributed by atoms with Crippen molar-refractivity contribution in [1.29, 1.82) is 0 Å². The van der Waals surface area contributed by atoms with E-state index >= 15 is 0 Å². The number of benzene rings is 4. The molecular weight excluding hydrogens is 436 g/mol. The van der Waals surface area contributed by atoms with Crippen molar-refractivity contribution >= 4 is 11.6 Å². The quantitative estimate of drug-likeness (QED) is 0.264. The summed E-state index contributed by atoms with van der Waals surface area (Å²) in [6.07, 6.45) is 1.44. The lowest BCUT2D eigenvalue weighted by Gasteiger charge is -2.09. The van der Waals surface area contributed by atoms with Crippen LogP contribution in [0.15, 0.2) is 97.1 Å². The van der Waals surface area contributed by atoms with E-state index in [0.29, 0.717) is 35.5 Å². The Labute approximate surface area is 206 Å². The number of carbonyl (C=O) groups excluding carboxylic acids is 2. The summed E-state index contributed by atoms with van der Waals surface area (Å²) in [5.74, 6) is 1.27. The van der Waals surface area contributed by atoms with Crippen LogP contribution in [0, 0.1) is 0 Å². The van der Waals surface area contributed by atoms with Gasteiger partial charge in [0.15, 0.2) is 11.6 Å². The van der Waals surface area contributed by atoms with E-state index in [-0.39, 0.29) is 11.6 Å².